The first kappa shape index (κ1) is 14.3. The normalized spacial score (nSPS) is 19.3. The second-order valence-corrected chi connectivity index (χ2v) is 5.66. The lowest BCUT2D eigenvalue weighted by atomic mass is 10.0. The molecule has 1 aromatic rings. The molecule has 1 atom stereocenters. The Labute approximate surface area is 120 Å². The summed E-state index contributed by atoms with van der Waals surface area (Å²) in [5.74, 6) is 0. The fourth-order valence-corrected chi connectivity index (χ4v) is 2.87. The molecule has 0 spiro atoms. The molecule has 1 aliphatic heterocycles. The number of anilines is 1. The molecule has 19 heavy (non-hydrogen) atoms. The Morgan fingerprint density at radius 1 is 1.42 bits per heavy atom. The fraction of sp³-hybridized carbons (Fsp3) is 0.533. The average Bonchev–Trinajstić information content (AvgIpc) is 2.42. The van der Waals surface area contributed by atoms with Crippen LogP contribution in [0.5, 0.6) is 0 Å². The number of aliphatic hydroxyl groups excluding tert-OH is 1. The maximum Gasteiger partial charge on any atom is 0.173 e. The van der Waals surface area contributed by atoms with Crippen LogP contribution in [0.4, 0.5) is 5.69 Å². The van der Waals surface area contributed by atoms with Gasteiger partial charge in [-0.05, 0) is 62.5 Å². The molecular weight excluding hydrogens is 256 g/mol. The Balaban J connectivity index is 2.09. The van der Waals surface area contributed by atoms with Gasteiger partial charge in [-0.2, -0.15) is 0 Å². The Hall–Kier alpha value is -1.13. The molecule has 0 unspecified atom stereocenters. The topological polar surface area (TPSA) is 35.5 Å². The van der Waals surface area contributed by atoms with Gasteiger partial charge >= 0.3 is 0 Å². The van der Waals surface area contributed by atoms with E-state index in [9.17, 15) is 5.11 Å². The van der Waals surface area contributed by atoms with Crippen LogP contribution in [0.15, 0.2) is 18.2 Å². The van der Waals surface area contributed by atoms with Crippen LogP contribution in [0.25, 0.3) is 0 Å². The third-order valence-corrected chi connectivity index (χ3v) is 4.07. The summed E-state index contributed by atoms with van der Waals surface area (Å²) in [5.41, 5.74) is 3.46. The molecule has 0 aromatic heterocycles. The Morgan fingerprint density at radius 3 is 2.95 bits per heavy atom. The van der Waals surface area contributed by atoms with E-state index in [-0.39, 0.29) is 12.6 Å². The van der Waals surface area contributed by atoms with Gasteiger partial charge in [-0.3, -0.25) is 0 Å². The molecule has 1 aliphatic rings. The van der Waals surface area contributed by atoms with Crippen molar-refractivity contribution in [3.8, 4) is 0 Å². The number of rotatable bonds is 2. The number of piperidine rings is 1. The number of nitrogens with zero attached hydrogens (tertiary/aromatic N) is 1. The van der Waals surface area contributed by atoms with Crippen LogP contribution in [0, 0.1) is 13.8 Å². The van der Waals surface area contributed by atoms with Crippen molar-refractivity contribution in [3.63, 3.8) is 0 Å². The zero-order valence-corrected chi connectivity index (χ0v) is 12.5. The van der Waals surface area contributed by atoms with Crippen LogP contribution in [0.3, 0.4) is 0 Å². The third-order valence-electron chi connectivity index (χ3n) is 3.73. The molecule has 1 aromatic carbocycles. The highest BCUT2D eigenvalue weighted by molar-refractivity contribution is 7.80. The molecule has 3 nitrogen and oxygen atoms in total. The van der Waals surface area contributed by atoms with Crippen LogP contribution in [-0.4, -0.2) is 34.3 Å². The summed E-state index contributed by atoms with van der Waals surface area (Å²) in [6.45, 7) is 5.26. The lowest BCUT2D eigenvalue weighted by Crippen LogP contribution is -2.47. The molecule has 104 valence electrons. The zero-order chi connectivity index (χ0) is 13.8. The summed E-state index contributed by atoms with van der Waals surface area (Å²) >= 11 is 5.51. The summed E-state index contributed by atoms with van der Waals surface area (Å²) in [7, 11) is 0. The summed E-state index contributed by atoms with van der Waals surface area (Å²) < 4.78 is 0. The van der Waals surface area contributed by atoms with Crippen LogP contribution in [0.2, 0.25) is 0 Å². The minimum Gasteiger partial charge on any atom is -0.394 e. The Bertz CT molecular complexity index is 461. The Kier molecular flexibility index (Phi) is 4.77. The lowest BCUT2D eigenvalue weighted by molar-refractivity contribution is 0.149. The van der Waals surface area contributed by atoms with E-state index in [1.807, 2.05) is 0 Å². The first-order valence-electron chi connectivity index (χ1n) is 6.87. The van der Waals surface area contributed by atoms with E-state index < -0.39 is 0 Å². The molecule has 2 rings (SSSR count). The van der Waals surface area contributed by atoms with Crippen molar-refractivity contribution >= 4 is 23.0 Å². The second kappa shape index (κ2) is 6.35. The number of aliphatic hydroxyl groups is 1. The van der Waals surface area contributed by atoms with Gasteiger partial charge in [0.2, 0.25) is 0 Å². The van der Waals surface area contributed by atoms with Gasteiger partial charge in [0.1, 0.15) is 0 Å². The van der Waals surface area contributed by atoms with Crippen molar-refractivity contribution in [2.75, 3.05) is 18.5 Å². The average molecular weight is 278 g/mol. The molecule has 0 aliphatic carbocycles. The van der Waals surface area contributed by atoms with Gasteiger partial charge in [-0.1, -0.05) is 12.1 Å². The maximum atomic E-state index is 9.45. The number of aryl methyl sites for hydroxylation is 2. The molecule has 0 radical (unpaired) electrons. The molecule has 0 bridgehead atoms. The fourth-order valence-electron chi connectivity index (χ4n) is 2.52. The largest absolute Gasteiger partial charge is 0.394 e. The summed E-state index contributed by atoms with van der Waals surface area (Å²) in [5, 5.41) is 13.5. The van der Waals surface area contributed by atoms with Gasteiger partial charge in [-0.25, -0.2) is 0 Å². The minimum absolute atomic E-state index is 0.166. The highest BCUT2D eigenvalue weighted by atomic mass is 32.1. The molecular formula is C15H22N2OS. The van der Waals surface area contributed by atoms with E-state index >= 15 is 0 Å². The lowest BCUT2D eigenvalue weighted by Gasteiger charge is -2.36. The summed E-state index contributed by atoms with van der Waals surface area (Å²) in [6, 6.07) is 6.47. The predicted molar refractivity (Wildman–Crippen MR) is 83.6 cm³/mol. The molecule has 2 N–H and O–H groups in total. The predicted octanol–water partition coefficient (Wildman–Crippen LogP) is 2.85. The van der Waals surface area contributed by atoms with Crippen LogP contribution in [-0.2, 0) is 0 Å². The highest BCUT2D eigenvalue weighted by Gasteiger charge is 2.23. The second-order valence-electron chi connectivity index (χ2n) is 5.27. The van der Waals surface area contributed by atoms with Crippen molar-refractivity contribution in [2.24, 2.45) is 0 Å². The number of thiocarbonyl (C=S) groups is 1. The van der Waals surface area contributed by atoms with Crippen LogP contribution in [0.1, 0.15) is 30.4 Å². The molecule has 0 saturated carbocycles. The third kappa shape index (κ3) is 3.45. The van der Waals surface area contributed by atoms with E-state index in [1.165, 1.54) is 17.5 Å². The van der Waals surface area contributed by atoms with Gasteiger partial charge in [0.15, 0.2) is 5.11 Å². The van der Waals surface area contributed by atoms with Crippen molar-refractivity contribution in [3.05, 3.63) is 29.3 Å². The SMILES string of the molecule is Cc1ccc(C)c(NC(=S)N2CCCC[C@H]2CO)c1. The smallest absolute Gasteiger partial charge is 0.173 e. The highest BCUT2D eigenvalue weighted by Crippen LogP contribution is 2.21. The summed E-state index contributed by atoms with van der Waals surface area (Å²) in [6.07, 6.45) is 3.34. The first-order chi connectivity index (χ1) is 9.11. The van der Waals surface area contributed by atoms with Crippen molar-refractivity contribution in [1.82, 2.24) is 4.90 Å². The first-order valence-corrected chi connectivity index (χ1v) is 7.28. The molecule has 0 amide bonds. The molecule has 1 heterocycles. The minimum atomic E-state index is 0.166. The number of hydrogen-bond donors (Lipinski definition) is 2. The van der Waals surface area contributed by atoms with Gasteiger partial charge in [0.05, 0.1) is 12.6 Å². The maximum absolute atomic E-state index is 9.45. The van der Waals surface area contributed by atoms with E-state index in [1.54, 1.807) is 0 Å². The van der Waals surface area contributed by atoms with Crippen molar-refractivity contribution < 1.29 is 5.11 Å². The van der Waals surface area contributed by atoms with E-state index in [2.05, 4.69) is 42.3 Å². The van der Waals surface area contributed by atoms with Gasteiger partial charge < -0.3 is 15.3 Å². The molecule has 1 saturated heterocycles. The van der Waals surface area contributed by atoms with E-state index in [4.69, 9.17) is 12.2 Å². The number of hydrogen-bond acceptors (Lipinski definition) is 2. The van der Waals surface area contributed by atoms with Gasteiger partial charge in [-0.15, -0.1) is 0 Å². The summed E-state index contributed by atoms with van der Waals surface area (Å²) in [4.78, 5) is 2.13. The van der Waals surface area contributed by atoms with E-state index in [0.717, 1.165) is 30.2 Å². The Morgan fingerprint density at radius 2 is 2.21 bits per heavy atom. The van der Waals surface area contributed by atoms with Crippen molar-refractivity contribution in [2.45, 2.75) is 39.2 Å². The number of nitrogens with one attached hydrogen (secondary N) is 1. The number of likely N-dealkylation sites (tertiary alicyclic amines) is 1. The zero-order valence-electron chi connectivity index (χ0n) is 11.6. The van der Waals surface area contributed by atoms with Gasteiger partial charge in [0, 0.05) is 12.2 Å². The monoisotopic (exact) mass is 278 g/mol. The standard InChI is InChI=1S/C15H22N2OS/c1-11-6-7-12(2)14(9-11)16-15(19)17-8-4-3-5-13(17)10-18/h6-7,9,13,18H,3-5,8,10H2,1-2H3,(H,16,19)/t13-/m0/s1. The quantitative estimate of drug-likeness (QED) is 0.816. The van der Waals surface area contributed by atoms with Crippen LogP contribution < -0.4 is 5.32 Å². The van der Waals surface area contributed by atoms with Crippen LogP contribution >= 0.6 is 12.2 Å². The van der Waals surface area contributed by atoms with E-state index in [0.29, 0.717) is 0 Å². The van der Waals surface area contributed by atoms with Crippen molar-refractivity contribution in [1.29, 1.82) is 0 Å². The number of benzene rings is 1. The molecule has 4 heteroatoms. The van der Waals surface area contributed by atoms with Gasteiger partial charge in [0.25, 0.3) is 0 Å². The molecule has 1 fully saturated rings.